The minimum absolute atomic E-state index is 0.0293. The van der Waals surface area contributed by atoms with E-state index in [0.29, 0.717) is 0 Å². The minimum atomic E-state index is 0.0293. The predicted octanol–water partition coefficient (Wildman–Crippen LogP) is 3.45. The monoisotopic (exact) mass is 278 g/mol. The SMILES string of the molecule is O=C(NC1CCc2ccccc21)N1CCc2ccccc21. The molecule has 0 aromatic heterocycles. The highest BCUT2D eigenvalue weighted by atomic mass is 16.2. The topological polar surface area (TPSA) is 32.3 Å². The highest BCUT2D eigenvalue weighted by Gasteiger charge is 2.28. The van der Waals surface area contributed by atoms with Gasteiger partial charge in [0.05, 0.1) is 6.04 Å². The number of para-hydroxylation sites is 1. The van der Waals surface area contributed by atoms with Crippen LogP contribution in [0.5, 0.6) is 0 Å². The molecule has 1 atom stereocenters. The zero-order chi connectivity index (χ0) is 14.2. The summed E-state index contributed by atoms with van der Waals surface area (Å²) < 4.78 is 0. The molecule has 1 N–H and O–H groups in total. The van der Waals surface area contributed by atoms with Gasteiger partial charge in [-0.1, -0.05) is 42.5 Å². The molecule has 0 bridgehead atoms. The van der Waals surface area contributed by atoms with E-state index in [2.05, 4.69) is 35.6 Å². The Morgan fingerprint density at radius 2 is 1.76 bits per heavy atom. The van der Waals surface area contributed by atoms with E-state index in [-0.39, 0.29) is 12.1 Å². The summed E-state index contributed by atoms with van der Waals surface area (Å²) in [5, 5.41) is 3.20. The van der Waals surface area contributed by atoms with Gasteiger partial charge in [0, 0.05) is 12.2 Å². The molecule has 3 heteroatoms. The zero-order valence-electron chi connectivity index (χ0n) is 11.9. The average Bonchev–Trinajstić information content (AvgIpc) is 3.12. The molecule has 1 heterocycles. The van der Waals surface area contributed by atoms with Crippen LogP contribution in [0.1, 0.15) is 29.2 Å². The molecule has 2 aliphatic rings. The van der Waals surface area contributed by atoms with Gasteiger partial charge in [-0.05, 0) is 42.0 Å². The molecule has 1 aliphatic heterocycles. The Hall–Kier alpha value is -2.29. The van der Waals surface area contributed by atoms with Crippen LogP contribution in [0.2, 0.25) is 0 Å². The van der Waals surface area contributed by atoms with Crippen LogP contribution in [0.3, 0.4) is 0 Å². The normalized spacial score (nSPS) is 19.2. The number of rotatable bonds is 1. The largest absolute Gasteiger partial charge is 0.331 e. The fourth-order valence-corrected chi connectivity index (χ4v) is 3.48. The summed E-state index contributed by atoms with van der Waals surface area (Å²) in [6.45, 7) is 0.777. The number of hydrogen-bond donors (Lipinski definition) is 1. The molecule has 0 fully saturated rings. The lowest BCUT2D eigenvalue weighted by atomic mass is 10.1. The smallest absolute Gasteiger partial charge is 0.322 e. The molecular formula is C18H18N2O. The van der Waals surface area contributed by atoms with Crippen LogP contribution < -0.4 is 10.2 Å². The summed E-state index contributed by atoms with van der Waals surface area (Å²) in [7, 11) is 0. The Morgan fingerprint density at radius 1 is 1.00 bits per heavy atom. The van der Waals surface area contributed by atoms with E-state index in [1.165, 1.54) is 16.7 Å². The molecule has 1 aliphatic carbocycles. The second kappa shape index (κ2) is 4.92. The summed E-state index contributed by atoms with van der Waals surface area (Å²) in [6.07, 6.45) is 3.00. The highest BCUT2D eigenvalue weighted by Crippen LogP contribution is 2.32. The van der Waals surface area contributed by atoms with E-state index in [0.717, 1.165) is 31.5 Å². The number of benzene rings is 2. The Morgan fingerprint density at radius 3 is 2.67 bits per heavy atom. The maximum absolute atomic E-state index is 12.6. The molecule has 4 rings (SSSR count). The van der Waals surface area contributed by atoms with E-state index in [1.54, 1.807) is 0 Å². The third-order valence-corrected chi connectivity index (χ3v) is 4.56. The van der Waals surface area contributed by atoms with Crippen LogP contribution >= 0.6 is 0 Å². The molecule has 3 nitrogen and oxygen atoms in total. The zero-order valence-corrected chi connectivity index (χ0v) is 11.9. The van der Waals surface area contributed by atoms with E-state index < -0.39 is 0 Å². The van der Waals surface area contributed by atoms with Gasteiger partial charge in [-0.25, -0.2) is 4.79 Å². The van der Waals surface area contributed by atoms with Gasteiger partial charge in [0.25, 0.3) is 0 Å². The predicted molar refractivity (Wildman–Crippen MR) is 83.5 cm³/mol. The third-order valence-electron chi connectivity index (χ3n) is 4.56. The van der Waals surface area contributed by atoms with Crippen LogP contribution in [0, 0.1) is 0 Å². The number of hydrogen-bond acceptors (Lipinski definition) is 1. The second-order valence-corrected chi connectivity index (χ2v) is 5.77. The molecule has 2 aromatic rings. The van der Waals surface area contributed by atoms with Crippen molar-refractivity contribution in [1.29, 1.82) is 0 Å². The lowest BCUT2D eigenvalue weighted by molar-refractivity contribution is 0.243. The van der Waals surface area contributed by atoms with Crippen molar-refractivity contribution in [2.45, 2.75) is 25.3 Å². The lowest BCUT2D eigenvalue weighted by Crippen LogP contribution is -2.40. The van der Waals surface area contributed by atoms with Crippen molar-refractivity contribution < 1.29 is 4.79 Å². The highest BCUT2D eigenvalue weighted by molar-refractivity contribution is 5.94. The van der Waals surface area contributed by atoms with Crippen LogP contribution in [0.4, 0.5) is 10.5 Å². The lowest BCUT2D eigenvalue weighted by Gasteiger charge is -2.21. The molecule has 0 saturated carbocycles. The van der Waals surface area contributed by atoms with Crippen molar-refractivity contribution in [1.82, 2.24) is 5.32 Å². The quantitative estimate of drug-likeness (QED) is 0.851. The molecular weight excluding hydrogens is 260 g/mol. The summed E-state index contributed by atoms with van der Waals surface area (Å²) >= 11 is 0. The first-order chi connectivity index (χ1) is 10.3. The number of aryl methyl sites for hydroxylation is 1. The Bertz CT molecular complexity index is 695. The number of carbonyl (C=O) groups excluding carboxylic acids is 1. The Labute approximate surface area is 124 Å². The van der Waals surface area contributed by atoms with Crippen LogP contribution in [0.15, 0.2) is 48.5 Å². The van der Waals surface area contributed by atoms with E-state index >= 15 is 0 Å². The molecule has 106 valence electrons. The molecule has 0 radical (unpaired) electrons. The molecule has 0 saturated heterocycles. The van der Waals surface area contributed by atoms with Gasteiger partial charge in [0.2, 0.25) is 0 Å². The van der Waals surface area contributed by atoms with Crippen molar-refractivity contribution in [3.05, 3.63) is 65.2 Å². The van der Waals surface area contributed by atoms with E-state index in [9.17, 15) is 4.79 Å². The van der Waals surface area contributed by atoms with Crippen LogP contribution in [-0.4, -0.2) is 12.6 Å². The number of amides is 2. The number of nitrogens with one attached hydrogen (secondary N) is 1. The maximum atomic E-state index is 12.6. The number of nitrogens with zero attached hydrogens (tertiary/aromatic N) is 1. The Kier molecular flexibility index (Phi) is 2.92. The molecule has 2 amide bonds. The number of urea groups is 1. The molecule has 1 unspecified atom stereocenters. The Balaban J connectivity index is 1.53. The summed E-state index contributed by atoms with van der Waals surface area (Å²) in [6, 6.07) is 16.8. The fraction of sp³-hybridized carbons (Fsp3) is 0.278. The molecule has 2 aromatic carbocycles. The van der Waals surface area contributed by atoms with E-state index in [1.807, 2.05) is 23.1 Å². The first kappa shape index (κ1) is 12.5. The van der Waals surface area contributed by atoms with Crippen molar-refractivity contribution in [3.63, 3.8) is 0 Å². The van der Waals surface area contributed by atoms with Gasteiger partial charge in [-0.15, -0.1) is 0 Å². The summed E-state index contributed by atoms with van der Waals surface area (Å²) in [5.41, 5.74) is 4.96. The van der Waals surface area contributed by atoms with Gasteiger partial charge in [0.15, 0.2) is 0 Å². The van der Waals surface area contributed by atoms with Crippen molar-refractivity contribution >= 4 is 11.7 Å². The molecule has 21 heavy (non-hydrogen) atoms. The standard InChI is InChI=1S/C18H18N2O/c21-18(20-12-11-14-6-2-4-8-17(14)20)19-16-10-9-13-5-1-3-7-15(13)16/h1-8,16H,9-12H2,(H,19,21). The van der Waals surface area contributed by atoms with Crippen LogP contribution in [0.25, 0.3) is 0 Å². The first-order valence-corrected chi connectivity index (χ1v) is 7.56. The van der Waals surface area contributed by atoms with E-state index in [4.69, 9.17) is 0 Å². The van der Waals surface area contributed by atoms with Crippen LogP contribution in [-0.2, 0) is 12.8 Å². The van der Waals surface area contributed by atoms with Crippen molar-refractivity contribution in [3.8, 4) is 0 Å². The van der Waals surface area contributed by atoms with Gasteiger partial charge in [-0.3, -0.25) is 4.90 Å². The van der Waals surface area contributed by atoms with Crippen molar-refractivity contribution in [2.24, 2.45) is 0 Å². The summed E-state index contributed by atoms with van der Waals surface area (Å²) in [4.78, 5) is 14.5. The third kappa shape index (κ3) is 2.09. The fourth-order valence-electron chi connectivity index (χ4n) is 3.48. The molecule has 0 spiro atoms. The van der Waals surface area contributed by atoms with Gasteiger partial charge >= 0.3 is 6.03 Å². The number of fused-ring (bicyclic) bond motifs is 2. The number of anilines is 1. The van der Waals surface area contributed by atoms with Gasteiger partial charge in [-0.2, -0.15) is 0 Å². The number of carbonyl (C=O) groups is 1. The van der Waals surface area contributed by atoms with Gasteiger partial charge in [0.1, 0.15) is 0 Å². The average molecular weight is 278 g/mol. The second-order valence-electron chi connectivity index (χ2n) is 5.77. The van der Waals surface area contributed by atoms with Gasteiger partial charge < -0.3 is 5.32 Å². The first-order valence-electron chi connectivity index (χ1n) is 7.56. The minimum Gasteiger partial charge on any atom is -0.331 e. The van der Waals surface area contributed by atoms with Crippen molar-refractivity contribution in [2.75, 3.05) is 11.4 Å². The maximum Gasteiger partial charge on any atom is 0.322 e. The summed E-state index contributed by atoms with van der Waals surface area (Å²) in [5.74, 6) is 0.